The number of halogens is 3. The van der Waals surface area contributed by atoms with E-state index in [-0.39, 0.29) is 24.5 Å². The van der Waals surface area contributed by atoms with Crippen LogP contribution < -0.4 is 4.74 Å². The highest BCUT2D eigenvalue weighted by Crippen LogP contribution is 2.47. The number of rotatable bonds is 9. The lowest BCUT2D eigenvalue weighted by Gasteiger charge is -2.42. The Bertz CT molecular complexity index is 1030. The number of alkyl halides is 3. The number of carboxylic acid groups (broad SMARTS) is 1. The van der Waals surface area contributed by atoms with Gasteiger partial charge in [-0.3, -0.25) is 9.69 Å². The van der Waals surface area contributed by atoms with Gasteiger partial charge in [0.1, 0.15) is 11.9 Å². The van der Waals surface area contributed by atoms with Crippen molar-refractivity contribution in [2.24, 2.45) is 17.8 Å². The second kappa shape index (κ2) is 9.61. The largest absolute Gasteiger partial charge is 0.490 e. The van der Waals surface area contributed by atoms with Crippen LogP contribution in [0.3, 0.4) is 0 Å². The van der Waals surface area contributed by atoms with Gasteiger partial charge in [-0.05, 0) is 67.9 Å². The number of benzene rings is 2. The molecule has 0 aromatic heterocycles. The van der Waals surface area contributed by atoms with Crippen LogP contribution in [0.4, 0.5) is 13.2 Å². The Hall–Kier alpha value is -2.54. The predicted octanol–water partition coefficient (Wildman–Crippen LogP) is 6.13. The lowest BCUT2D eigenvalue weighted by molar-refractivity contribution is -0.142. The number of carboxylic acids is 1. The van der Waals surface area contributed by atoms with E-state index in [1.807, 2.05) is 36.1 Å². The third-order valence-electron chi connectivity index (χ3n) is 7.23. The fraction of sp³-hybridized carbons (Fsp3) is 0.519. The van der Waals surface area contributed by atoms with Crippen molar-refractivity contribution in [3.8, 4) is 5.75 Å². The summed E-state index contributed by atoms with van der Waals surface area (Å²) in [5, 5.41) is 9.53. The van der Waals surface area contributed by atoms with Crippen molar-refractivity contribution in [2.45, 2.75) is 58.4 Å². The lowest BCUT2D eigenvalue weighted by atomic mass is 9.83. The molecule has 4 rings (SSSR count). The summed E-state index contributed by atoms with van der Waals surface area (Å²) in [5.74, 6) is 0.0802. The van der Waals surface area contributed by atoms with Gasteiger partial charge in [-0.2, -0.15) is 13.2 Å². The Morgan fingerprint density at radius 2 is 1.82 bits per heavy atom. The Morgan fingerprint density at radius 3 is 2.44 bits per heavy atom. The Morgan fingerprint density at radius 1 is 1.12 bits per heavy atom. The van der Waals surface area contributed by atoms with E-state index in [4.69, 9.17) is 4.74 Å². The summed E-state index contributed by atoms with van der Waals surface area (Å²) in [6.07, 6.45) is -2.34. The van der Waals surface area contributed by atoms with Gasteiger partial charge < -0.3 is 9.84 Å². The lowest BCUT2D eigenvalue weighted by Crippen LogP contribution is -2.52. The summed E-state index contributed by atoms with van der Waals surface area (Å²) < 4.78 is 46.3. The van der Waals surface area contributed by atoms with E-state index in [1.54, 1.807) is 19.9 Å². The molecule has 0 spiro atoms. The van der Waals surface area contributed by atoms with Crippen molar-refractivity contribution in [2.75, 3.05) is 13.1 Å². The van der Waals surface area contributed by atoms with E-state index < -0.39 is 23.6 Å². The monoisotopic (exact) mass is 475 g/mol. The summed E-state index contributed by atoms with van der Waals surface area (Å²) in [7, 11) is 0. The molecule has 0 bridgehead atoms. The summed E-state index contributed by atoms with van der Waals surface area (Å²) in [4.78, 5) is 13.6. The van der Waals surface area contributed by atoms with E-state index in [0.717, 1.165) is 24.0 Å². The second-order valence-electron chi connectivity index (χ2n) is 10.00. The molecule has 1 aliphatic heterocycles. The first kappa shape index (κ1) is 24.6. The molecule has 2 aliphatic rings. The van der Waals surface area contributed by atoms with Gasteiger partial charge in [-0.1, -0.05) is 36.8 Å². The van der Waals surface area contributed by atoms with Crippen LogP contribution in [0.5, 0.6) is 5.75 Å². The molecule has 1 N–H and O–H groups in total. The minimum atomic E-state index is -4.36. The fourth-order valence-corrected chi connectivity index (χ4v) is 5.09. The van der Waals surface area contributed by atoms with Crippen molar-refractivity contribution in [1.82, 2.24) is 4.90 Å². The van der Waals surface area contributed by atoms with E-state index in [0.29, 0.717) is 30.3 Å². The molecule has 2 aromatic rings. The molecule has 0 radical (unpaired) electrons. The predicted molar refractivity (Wildman–Crippen MR) is 124 cm³/mol. The molecule has 1 heterocycles. The van der Waals surface area contributed by atoms with Crippen molar-refractivity contribution in [3.63, 3.8) is 0 Å². The van der Waals surface area contributed by atoms with Gasteiger partial charge in [0.05, 0.1) is 11.5 Å². The Kier molecular flexibility index (Phi) is 6.94. The first-order chi connectivity index (χ1) is 16.0. The highest BCUT2D eigenvalue weighted by Gasteiger charge is 2.39. The summed E-state index contributed by atoms with van der Waals surface area (Å²) >= 11 is 0. The Labute approximate surface area is 198 Å². The standard InChI is InChI=1S/C27H32F3NO3/c1-16-7-10-24(27(28,29)30)21(11-16)13-31-14-22(15-31)18(3)34-23-6-4-5-20(12-23)25(19-8-9-19)17(2)26(32)33/h4-7,10-12,17-19,22,25H,8-9,13-15H2,1-3H3,(H,32,33)/t17-,18?,25-/m0/s1. The molecule has 34 heavy (non-hydrogen) atoms. The topological polar surface area (TPSA) is 49.8 Å². The zero-order valence-corrected chi connectivity index (χ0v) is 19.8. The van der Waals surface area contributed by atoms with Crippen LogP contribution in [0, 0.1) is 24.7 Å². The summed E-state index contributed by atoms with van der Waals surface area (Å²) in [6.45, 7) is 7.17. The van der Waals surface area contributed by atoms with Gasteiger partial charge in [0.25, 0.3) is 0 Å². The SMILES string of the molecule is Cc1ccc(C(F)(F)F)c(CN2CC(C(C)Oc3cccc([C@H](C4CC4)[C@H](C)C(=O)O)c3)C2)c1. The number of hydrogen-bond donors (Lipinski definition) is 1. The molecule has 2 aromatic carbocycles. The van der Waals surface area contributed by atoms with Crippen LogP contribution in [-0.2, 0) is 17.5 Å². The molecule has 4 nitrogen and oxygen atoms in total. The Balaban J connectivity index is 1.36. The third-order valence-corrected chi connectivity index (χ3v) is 7.23. The second-order valence-corrected chi connectivity index (χ2v) is 10.00. The van der Waals surface area contributed by atoms with Crippen LogP contribution in [0.2, 0.25) is 0 Å². The van der Waals surface area contributed by atoms with Crippen LogP contribution in [-0.4, -0.2) is 35.2 Å². The molecule has 1 saturated heterocycles. The average molecular weight is 476 g/mol. The number of ether oxygens (including phenoxy) is 1. The maximum absolute atomic E-state index is 13.4. The molecule has 0 amide bonds. The van der Waals surface area contributed by atoms with Crippen molar-refractivity contribution < 1.29 is 27.8 Å². The molecular formula is C27H32F3NO3. The number of aryl methyl sites for hydroxylation is 1. The van der Waals surface area contributed by atoms with Crippen molar-refractivity contribution >= 4 is 5.97 Å². The maximum Gasteiger partial charge on any atom is 0.416 e. The minimum Gasteiger partial charge on any atom is -0.490 e. The number of hydrogen-bond acceptors (Lipinski definition) is 3. The van der Waals surface area contributed by atoms with E-state index in [2.05, 4.69) is 0 Å². The van der Waals surface area contributed by atoms with Crippen molar-refractivity contribution in [3.05, 3.63) is 64.7 Å². The zero-order chi connectivity index (χ0) is 24.6. The fourth-order valence-electron chi connectivity index (χ4n) is 5.09. The van der Waals surface area contributed by atoms with E-state index in [9.17, 15) is 23.1 Å². The molecule has 1 aliphatic carbocycles. The molecular weight excluding hydrogens is 443 g/mol. The highest BCUT2D eigenvalue weighted by atomic mass is 19.4. The number of nitrogens with zero attached hydrogens (tertiary/aromatic N) is 1. The summed E-state index contributed by atoms with van der Waals surface area (Å²) in [5.41, 5.74) is 1.56. The van der Waals surface area contributed by atoms with E-state index >= 15 is 0 Å². The average Bonchev–Trinajstić information content (AvgIpc) is 3.54. The van der Waals surface area contributed by atoms with Gasteiger partial charge in [0.2, 0.25) is 0 Å². The van der Waals surface area contributed by atoms with Crippen LogP contribution >= 0.6 is 0 Å². The molecule has 3 atom stereocenters. The molecule has 2 fully saturated rings. The number of aliphatic carboxylic acids is 1. The minimum absolute atomic E-state index is 0.0206. The van der Waals surface area contributed by atoms with Gasteiger partial charge in [-0.25, -0.2) is 0 Å². The summed E-state index contributed by atoms with van der Waals surface area (Å²) in [6, 6.07) is 12.0. The van der Waals surface area contributed by atoms with Gasteiger partial charge in [0, 0.05) is 25.6 Å². The number of carbonyl (C=O) groups is 1. The maximum atomic E-state index is 13.4. The van der Waals surface area contributed by atoms with Gasteiger partial charge >= 0.3 is 12.1 Å². The smallest absolute Gasteiger partial charge is 0.416 e. The molecule has 1 saturated carbocycles. The van der Waals surface area contributed by atoms with Crippen LogP contribution in [0.25, 0.3) is 0 Å². The first-order valence-electron chi connectivity index (χ1n) is 11.9. The normalized spacial score (nSPS) is 19.8. The van der Waals surface area contributed by atoms with E-state index in [1.165, 1.54) is 12.1 Å². The van der Waals surface area contributed by atoms with Crippen LogP contribution in [0.1, 0.15) is 54.9 Å². The molecule has 1 unspecified atom stereocenters. The molecule has 7 heteroatoms. The van der Waals surface area contributed by atoms with Gasteiger partial charge in [-0.15, -0.1) is 0 Å². The van der Waals surface area contributed by atoms with Gasteiger partial charge in [0.15, 0.2) is 0 Å². The van der Waals surface area contributed by atoms with Crippen LogP contribution in [0.15, 0.2) is 42.5 Å². The number of likely N-dealkylation sites (tertiary alicyclic amines) is 1. The highest BCUT2D eigenvalue weighted by molar-refractivity contribution is 5.71. The van der Waals surface area contributed by atoms with Crippen molar-refractivity contribution in [1.29, 1.82) is 0 Å². The third kappa shape index (κ3) is 5.57. The first-order valence-corrected chi connectivity index (χ1v) is 11.9. The molecule has 184 valence electrons. The quantitative estimate of drug-likeness (QED) is 0.474. The zero-order valence-electron chi connectivity index (χ0n) is 19.8.